The summed E-state index contributed by atoms with van der Waals surface area (Å²) in [7, 11) is 0. The molecule has 78 valence electrons. The standard InChI is InChI=1S/C12H17N.ClH/c13-12-8-4-7-11(12)9-10-5-2-1-3-6-10;/h1-3,5-6,11-12H,4,7-9,13H2;1H/t11-,12+;/m0./s1. The van der Waals surface area contributed by atoms with E-state index in [0.29, 0.717) is 6.04 Å². The van der Waals surface area contributed by atoms with Gasteiger partial charge in [0.2, 0.25) is 0 Å². The number of hydrogen-bond acceptors (Lipinski definition) is 1. The molecule has 0 amide bonds. The molecule has 0 aliphatic heterocycles. The van der Waals surface area contributed by atoms with E-state index in [1.165, 1.54) is 31.2 Å². The van der Waals surface area contributed by atoms with Crippen molar-refractivity contribution in [2.24, 2.45) is 11.7 Å². The van der Waals surface area contributed by atoms with Gasteiger partial charge in [0, 0.05) is 6.04 Å². The van der Waals surface area contributed by atoms with E-state index in [1.807, 2.05) is 0 Å². The summed E-state index contributed by atoms with van der Waals surface area (Å²) in [5, 5.41) is 0. The third-order valence-electron chi connectivity index (χ3n) is 3.06. The molecule has 1 aliphatic carbocycles. The molecular formula is C12H18ClN. The molecule has 0 bridgehead atoms. The zero-order valence-electron chi connectivity index (χ0n) is 8.36. The number of hydrogen-bond donors (Lipinski definition) is 1. The summed E-state index contributed by atoms with van der Waals surface area (Å²) in [4.78, 5) is 0. The van der Waals surface area contributed by atoms with Gasteiger partial charge in [0.25, 0.3) is 0 Å². The van der Waals surface area contributed by atoms with Gasteiger partial charge in [0.15, 0.2) is 0 Å². The van der Waals surface area contributed by atoms with E-state index >= 15 is 0 Å². The Labute approximate surface area is 92.1 Å². The molecular weight excluding hydrogens is 194 g/mol. The molecule has 0 saturated heterocycles. The van der Waals surface area contributed by atoms with Gasteiger partial charge in [0.1, 0.15) is 0 Å². The summed E-state index contributed by atoms with van der Waals surface area (Å²) in [5.41, 5.74) is 7.46. The van der Waals surface area contributed by atoms with Gasteiger partial charge < -0.3 is 5.73 Å². The molecule has 1 nitrogen and oxygen atoms in total. The first-order valence-corrected chi connectivity index (χ1v) is 5.16. The molecule has 1 aromatic rings. The summed E-state index contributed by atoms with van der Waals surface area (Å²) >= 11 is 0. The van der Waals surface area contributed by atoms with Crippen molar-refractivity contribution in [2.75, 3.05) is 0 Å². The third-order valence-corrected chi connectivity index (χ3v) is 3.06. The topological polar surface area (TPSA) is 26.0 Å². The molecule has 0 heterocycles. The second kappa shape index (κ2) is 5.38. The van der Waals surface area contributed by atoms with Crippen LogP contribution < -0.4 is 5.73 Å². The van der Waals surface area contributed by atoms with Gasteiger partial charge in [0.05, 0.1) is 0 Å². The number of benzene rings is 1. The van der Waals surface area contributed by atoms with Crippen LogP contribution in [0.2, 0.25) is 0 Å². The lowest BCUT2D eigenvalue weighted by atomic mass is 9.95. The highest BCUT2D eigenvalue weighted by Crippen LogP contribution is 2.27. The van der Waals surface area contributed by atoms with Crippen LogP contribution in [0.25, 0.3) is 0 Å². The zero-order chi connectivity index (χ0) is 9.10. The molecule has 1 fully saturated rings. The van der Waals surface area contributed by atoms with Crippen molar-refractivity contribution in [3.63, 3.8) is 0 Å². The highest BCUT2D eigenvalue weighted by molar-refractivity contribution is 5.85. The summed E-state index contributed by atoms with van der Waals surface area (Å²) in [5.74, 6) is 0.724. The zero-order valence-corrected chi connectivity index (χ0v) is 9.17. The average molecular weight is 212 g/mol. The first-order valence-electron chi connectivity index (χ1n) is 5.16. The van der Waals surface area contributed by atoms with E-state index in [2.05, 4.69) is 30.3 Å². The van der Waals surface area contributed by atoms with E-state index < -0.39 is 0 Å². The lowest BCUT2D eigenvalue weighted by Gasteiger charge is -2.14. The Balaban J connectivity index is 0.000000980. The summed E-state index contributed by atoms with van der Waals surface area (Å²) in [6.07, 6.45) is 5.02. The van der Waals surface area contributed by atoms with Crippen LogP contribution in [0.3, 0.4) is 0 Å². The van der Waals surface area contributed by atoms with Crippen molar-refractivity contribution in [3.05, 3.63) is 35.9 Å². The van der Waals surface area contributed by atoms with Crippen LogP contribution in [-0.4, -0.2) is 6.04 Å². The van der Waals surface area contributed by atoms with E-state index in [1.54, 1.807) is 0 Å². The fraction of sp³-hybridized carbons (Fsp3) is 0.500. The number of nitrogens with two attached hydrogens (primary N) is 1. The maximum Gasteiger partial charge on any atom is 0.00703 e. The molecule has 2 N–H and O–H groups in total. The van der Waals surface area contributed by atoms with E-state index in [4.69, 9.17) is 5.73 Å². The predicted molar refractivity (Wildman–Crippen MR) is 62.7 cm³/mol. The molecule has 1 saturated carbocycles. The molecule has 2 heteroatoms. The van der Waals surface area contributed by atoms with Gasteiger partial charge in [-0.25, -0.2) is 0 Å². The van der Waals surface area contributed by atoms with Crippen molar-refractivity contribution >= 4 is 12.4 Å². The van der Waals surface area contributed by atoms with E-state index in [9.17, 15) is 0 Å². The Morgan fingerprint density at radius 2 is 1.86 bits per heavy atom. The van der Waals surface area contributed by atoms with E-state index in [-0.39, 0.29) is 12.4 Å². The molecule has 14 heavy (non-hydrogen) atoms. The van der Waals surface area contributed by atoms with Crippen LogP contribution >= 0.6 is 12.4 Å². The number of rotatable bonds is 2. The molecule has 2 rings (SSSR count). The van der Waals surface area contributed by atoms with Gasteiger partial charge in [-0.15, -0.1) is 12.4 Å². The predicted octanol–water partition coefficient (Wildman–Crippen LogP) is 2.78. The van der Waals surface area contributed by atoms with Gasteiger partial charge >= 0.3 is 0 Å². The first-order chi connectivity index (χ1) is 6.36. The number of halogens is 1. The molecule has 0 spiro atoms. The summed E-state index contributed by atoms with van der Waals surface area (Å²) < 4.78 is 0. The van der Waals surface area contributed by atoms with Crippen LogP contribution in [0.5, 0.6) is 0 Å². The molecule has 0 radical (unpaired) electrons. The van der Waals surface area contributed by atoms with Crippen LogP contribution in [0, 0.1) is 5.92 Å². The van der Waals surface area contributed by atoms with Crippen LogP contribution in [0.15, 0.2) is 30.3 Å². The smallest absolute Gasteiger partial charge is 0.00703 e. The van der Waals surface area contributed by atoms with Crippen molar-refractivity contribution < 1.29 is 0 Å². The first kappa shape index (κ1) is 11.5. The summed E-state index contributed by atoms with van der Waals surface area (Å²) in [6, 6.07) is 11.1. The monoisotopic (exact) mass is 211 g/mol. The van der Waals surface area contributed by atoms with Gasteiger partial charge in [-0.2, -0.15) is 0 Å². The highest BCUT2D eigenvalue weighted by Gasteiger charge is 2.23. The Morgan fingerprint density at radius 3 is 2.43 bits per heavy atom. The fourth-order valence-electron chi connectivity index (χ4n) is 2.24. The Hall–Kier alpha value is -0.530. The summed E-state index contributed by atoms with van der Waals surface area (Å²) in [6.45, 7) is 0. The molecule has 1 aromatic carbocycles. The molecule has 0 aromatic heterocycles. The highest BCUT2D eigenvalue weighted by atomic mass is 35.5. The van der Waals surface area contributed by atoms with Gasteiger partial charge in [-0.05, 0) is 30.7 Å². The Kier molecular flexibility index (Phi) is 4.43. The third kappa shape index (κ3) is 2.73. The fourth-order valence-corrected chi connectivity index (χ4v) is 2.24. The van der Waals surface area contributed by atoms with E-state index in [0.717, 1.165) is 5.92 Å². The van der Waals surface area contributed by atoms with Gasteiger partial charge in [-0.1, -0.05) is 36.8 Å². The van der Waals surface area contributed by atoms with Crippen molar-refractivity contribution in [1.29, 1.82) is 0 Å². The van der Waals surface area contributed by atoms with Crippen molar-refractivity contribution in [3.8, 4) is 0 Å². The van der Waals surface area contributed by atoms with Crippen molar-refractivity contribution in [2.45, 2.75) is 31.7 Å². The largest absolute Gasteiger partial charge is 0.327 e. The van der Waals surface area contributed by atoms with Crippen LogP contribution in [-0.2, 0) is 6.42 Å². The maximum absolute atomic E-state index is 6.03. The second-order valence-corrected chi connectivity index (χ2v) is 4.04. The van der Waals surface area contributed by atoms with Crippen molar-refractivity contribution in [1.82, 2.24) is 0 Å². The normalized spacial score (nSPS) is 25.8. The minimum absolute atomic E-state index is 0. The Morgan fingerprint density at radius 1 is 1.14 bits per heavy atom. The van der Waals surface area contributed by atoms with Crippen LogP contribution in [0.4, 0.5) is 0 Å². The molecule has 0 unspecified atom stereocenters. The minimum Gasteiger partial charge on any atom is -0.327 e. The second-order valence-electron chi connectivity index (χ2n) is 4.04. The Bertz CT molecular complexity index is 260. The van der Waals surface area contributed by atoms with Gasteiger partial charge in [-0.3, -0.25) is 0 Å². The quantitative estimate of drug-likeness (QED) is 0.800. The minimum atomic E-state index is 0. The molecule has 2 atom stereocenters. The molecule has 1 aliphatic rings. The lowest BCUT2D eigenvalue weighted by molar-refractivity contribution is 0.479. The SMILES string of the molecule is Cl.N[C@@H]1CCC[C@H]1Cc1ccccc1. The average Bonchev–Trinajstić information content (AvgIpc) is 2.54. The maximum atomic E-state index is 6.03. The lowest BCUT2D eigenvalue weighted by Crippen LogP contribution is -2.25. The van der Waals surface area contributed by atoms with Crippen LogP contribution in [0.1, 0.15) is 24.8 Å².